The zero-order valence-corrected chi connectivity index (χ0v) is 13.5. The molecule has 0 aliphatic carbocycles. The second kappa shape index (κ2) is 6.82. The van der Waals surface area contributed by atoms with Gasteiger partial charge < -0.3 is 15.0 Å². The molecule has 0 spiro atoms. The van der Waals surface area contributed by atoms with E-state index in [0.29, 0.717) is 24.5 Å². The Bertz CT molecular complexity index is 774. The summed E-state index contributed by atoms with van der Waals surface area (Å²) in [6.45, 7) is 0.422. The summed E-state index contributed by atoms with van der Waals surface area (Å²) in [5.41, 5.74) is 0.510. The molecule has 1 fully saturated rings. The number of anilines is 1. The van der Waals surface area contributed by atoms with Crippen molar-refractivity contribution in [1.82, 2.24) is 25.1 Å². The molecule has 2 N–H and O–H groups in total. The lowest BCUT2D eigenvalue weighted by Gasteiger charge is -2.23. The predicted molar refractivity (Wildman–Crippen MR) is 84.2 cm³/mol. The van der Waals surface area contributed by atoms with Crippen LogP contribution in [0.15, 0.2) is 18.6 Å². The highest BCUT2D eigenvalue weighted by atomic mass is 35.5. The molecule has 0 bridgehead atoms. The normalized spacial score (nSPS) is 20.0. The summed E-state index contributed by atoms with van der Waals surface area (Å²) in [4.78, 5) is 22.2. The molecule has 0 saturated carbocycles. The Hall–Kier alpha value is -2.70. The van der Waals surface area contributed by atoms with Crippen LogP contribution >= 0.6 is 11.6 Å². The summed E-state index contributed by atoms with van der Waals surface area (Å²) in [5.74, 6) is 0.598. The van der Waals surface area contributed by atoms with Crippen molar-refractivity contribution in [3.63, 3.8) is 0 Å². The third kappa shape index (κ3) is 3.15. The highest BCUT2D eigenvalue weighted by molar-refractivity contribution is 6.31. The van der Waals surface area contributed by atoms with Crippen molar-refractivity contribution in [2.75, 3.05) is 19.0 Å². The van der Waals surface area contributed by atoms with Gasteiger partial charge in [0, 0.05) is 20.1 Å². The summed E-state index contributed by atoms with van der Waals surface area (Å²) >= 11 is 5.93. The zero-order valence-electron chi connectivity index (χ0n) is 12.7. The molecule has 3 rings (SSSR count). The summed E-state index contributed by atoms with van der Waals surface area (Å²) in [6, 6.07) is 2.75. The van der Waals surface area contributed by atoms with Gasteiger partial charge in [0.2, 0.25) is 0 Å². The van der Waals surface area contributed by atoms with Gasteiger partial charge in [0.1, 0.15) is 18.2 Å². The van der Waals surface area contributed by atoms with Gasteiger partial charge in [-0.3, -0.25) is 5.10 Å². The standard InChI is InChI=1S/C14H14ClN7O2/c1-24-9-3-12(13-18-7-19-21-13)22(6-9)14(23)20-8-2-10(15)11(4-16)17-5-8/h2,5,7,9,12H,3,6H2,1H3,(H,20,23)(H,18,19,21)/t9-,12+/m1/s1. The number of halogens is 1. The summed E-state index contributed by atoms with van der Waals surface area (Å²) in [5, 5.41) is 18.4. The van der Waals surface area contributed by atoms with Crippen molar-refractivity contribution < 1.29 is 9.53 Å². The molecule has 2 aromatic rings. The van der Waals surface area contributed by atoms with Gasteiger partial charge in [-0.2, -0.15) is 10.4 Å². The molecular weight excluding hydrogens is 334 g/mol. The van der Waals surface area contributed by atoms with Crippen LogP contribution in [0.5, 0.6) is 0 Å². The van der Waals surface area contributed by atoms with Crippen molar-refractivity contribution >= 4 is 23.3 Å². The SMILES string of the molecule is CO[C@@H]1C[C@@H](c2ncn[nH]2)N(C(=O)Nc2cnc(C#N)c(Cl)c2)C1. The van der Waals surface area contributed by atoms with E-state index in [2.05, 4.69) is 25.5 Å². The number of hydrogen-bond donors (Lipinski definition) is 2. The highest BCUT2D eigenvalue weighted by Gasteiger charge is 2.38. The number of urea groups is 1. The number of hydrogen-bond acceptors (Lipinski definition) is 6. The van der Waals surface area contributed by atoms with Crippen LogP contribution in [0.3, 0.4) is 0 Å². The van der Waals surface area contributed by atoms with E-state index in [0.717, 1.165) is 0 Å². The van der Waals surface area contributed by atoms with Crippen LogP contribution in [0.1, 0.15) is 24.0 Å². The maximum Gasteiger partial charge on any atom is 0.322 e. The largest absolute Gasteiger partial charge is 0.380 e. The Morgan fingerprint density at radius 1 is 1.58 bits per heavy atom. The van der Waals surface area contributed by atoms with Gasteiger partial charge in [-0.15, -0.1) is 0 Å². The topological polar surface area (TPSA) is 120 Å². The van der Waals surface area contributed by atoms with Crippen molar-refractivity contribution in [2.45, 2.75) is 18.6 Å². The minimum Gasteiger partial charge on any atom is -0.380 e. The Morgan fingerprint density at radius 3 is 3.04 bits per heavy atom. The number of nitrogens with zero attached hydrogens (tertiary/aromatic N) is 5. The number of ether oxygens (including phenoxy) is 1. The molecule has 0 radical (unpaired) electrons. The molecule has 2 amide bonds. The van der Waals surface area contributed by atoms with E-state index >= 15 is 0 Å². The van der Waals surface area contributed by atoms with Crippen LogP contribution in [0.25, 0.3) is 0 Å². The van der Waals surface area contributed by atoms with Crippen molar-refractivity contribution in [3.8, 4) is 6.07 Å². The number of H-pyrrole nitrogens is 1. The van der Waals surface area contributed by atoms with E-state index in [4.69, 9.17) is 21.6 Å². The van der Waals surface area contributed by atoms with E-state index in [1.165, 1.54) is 18.6 Å². The van der Waals surface area contributed by atoms with Crippen LogP contribution in [0, 0.1) is 11.3 Å². The molecule has 24 heavy (non-hydrogen) atoms. The zero-order chi connectivity index (χ0) is 17.1. The quantitative estimate of drug-likeness (QED) is 0.872. The second-order valence-corrected chi connectivity index (χ2v) is 5.64. The molecule has 1 saturated heterocycles. The van der Waals surface area contributed by atoms with Crippen molar-refractivity contribution in [2.24, 2.45) is 0 Å². The Morgan fingerprint density at radius 2 is 2.42 bits per heavy atom. The molecular formula is C14H14ClN7O2. The molecule has 124 valence electrons. The summed E-state index contributed by atoms with van der Waals surface area (Å²) in [7, 11) is 1.60. The third-order valence-electron chi connectivity index (χ3n) is 3.80. The van der Waals surface area contributed by atoms with Gasteiger partial charge in [0.05, 0.1) is 29.1 Å². The van der Waals surface area contributed by atoms with E-state index in [9.17, 15) is 4.79 Å². The third-order valence-corrected chi connectivity index (χ3v) is 4.09. The summed E-state index contributed by atoms with van der Waals surface area (Å²) in [6.07, 6.45) is 3.31. The smallest absolute Gasteiger partial charge is 0.322 e. The first kappa shape index (κ1) is 16.2. The number of carbonyl (C=O) groups is 1. The first-order chi connectivity index (χ1) is 11.6. The van der Waals surface area contributed by atoms with Gasteiger partial charge in [0.15, 0.2) is 5.69 Å². The van der Waals surface area contributed by atoms with Crippen molar-refractivity contribution in [3.05, 3.63) is 35.1 Å². The highest BCUT2D eigenvalue weighted by Crippen LogP contribution is 2.31. The number of pyridine rings is 1. The first-order valence-corrected chi connectivity index (χ1v) is 7.51. The van der Waals surface area contributed by atoms with Gasteiger partial charge in [-0.1, -0.05) is 11.6 Å². The number of nitriles is 1. The Kier molecular flexibility index (Phi) is 4.59. The molecule has 3 heterocycles. The minimum atomic E-state index is -0.335. The number of rotatable bonds is 3. The maximum absolute atomic E-state index is 12.6. The van der Waals surface area contributed by atoms with Crippen LogP contribution in [0.4, 0.5) is 10.5 Å². The molecule has 2 aromatic heterocycles. The minimum absolute atomic E-state index is 0.0893. The van der Waals surface area contributed by atoms with Crippen LogP contribution in [0.2, 0.25) is 5.02 Å². The Labute approximate surface area is 142 Å². The number of nitrogens with one attached hydrogen (secondary N) is 2. The lowest BCUT2D eigenvalue weighted by atomic mass is 10.2. The fourth-order valence-corrected chi connectivity index (χ4v) is 2.82. The lowest BCUT2D eigenvalue weighted by Crippen LogP contribution is -2.36. The molecule has 0 unspecified atom stereocenters. The number of carbonyl (C=O) groups excluding carboxylic acids is 1. The molecule has 1 aliphatic heterocycles. The first-order valence-electron chi connectivity index (χ1n) is 7.13. The van der Waals surface area contributed by atoms with E-state index in [-0.39, 0.29) is 28.9 Å². The van der Waals surface area contributed by atoms with Crippen LogP contribution in [-0.4, -0.2) is 50.9 Å². The van der Waals surface area contributed by atoms with Crippen LogP contribution in [-0.2, 0) is 4.74 Å². The van der Waals surface area contributed by atoms with E-state index in [1.807, 2.05) is 6.07 Å². The fraction of sp³-hybridized carbons (Fsp3) is 0.357. The lowest BCUT2D eigenvalue weighted by molar-refractivity contribution is 0.111. The Balaban J connectivity index is 1.77. The predicted octanol–water partition coefficient (Wildman–Crippen LogP) is 1.72. The average Bonchev–Trinajstić information content (AvgIpc) is 3.24. The molecule has 1 aliphatic rings. The maximum atomic E-state index is 12.6. The monoisotopic (exact) mass is 347 g/mol. The number of methoxy groups -OCH3 is 1. The number of aromatic nitrogens is 4. The van der Waals surface area contributed by atoms with Crippen LogP contribution < -0.4 is 5.32 Å². The molecule has 2 atom stereocenters. The number of amides is 2. The molecule has 9 nitrogen and oxygen atoms in total. The molecule has 10 heteroatoms. The average molecular weight is 348 g/mol. The second-order valence-electron chi connectivity index (χ2n) is 5.23. The van der Waals surface area contributed by atoms with Crippen molar-refractivity contribution in [1.29, 1.82) is 5.26 Å². The van der Waals surface area contributed by atoms with Gasteiger partial charge in [0.25, 0.3) is 0 Å². The van der Waals surface area contributed by atoms with Gasteiger partial charge >= 0.3 is 6.03 Å². The number of aromatic amines is 1. The van der Waals surface area contributed by atoms with Gasteiger partial charge in [-0.05, 0) is 6.07 Å². The number of likely N-dealkylation sites (tertiary alicyclic amines) is 1. The van der Waals surface area contributed by atoms with Gasteiger partial charge in [-0.25, -0.2) is 14.8 Å². The van der Waals surface area contributed by atoms with E-state index < -0.39 is 0 Å². The fourth-order valence-electron chi connectivity index (χ4n) is 2.61. The molecule has 0 aromatic carbocycles. The van der Waals surface area contributed by atoms with E-state index in [1.54, 1.807) is 12.0 Å². The summed E-state index contributed by atoms with van der Waals surface area (Å²) < 4.78 is 5.37.